The molecule has 1 unspecified atom stereocenters. The quantitative estimate of drug-likeness (QED) is 0.192. The van der Waals surface area contributed by atoms with Crippen molar-refractivity contribution in [3.8, 4) is 6.07 Å². The zero-order chi connectivity index (χ0) is 15.2. The van der Waals surface area contributed by atoms with Gasteiger partial charge in [-0.2, -0.15) is 5.26 Å². The topological polar surface area (TPSA) is 23.8 Å². The van der Waals surface area contributed by atoms with E-state index in [2.05, 4.69) is 38.3 Å². The highest BCUT2D eigenvalue weighted by Crippen LogP contribution is 2.16. The summed E-state index contributed by atoms with van der Waals surface area (Å²) in [5.74, 6) is 0.813. The van der Waals surface area contributed by atoms with Gasteiger partial charge in [0.05, 0.1) is 6.07 Å². The lowest BCUT2D eigenvalue weighted by Crippen LogP contribution is -1.93. The maximum atomic E-state index is 8.81. The van der Waals surface area contributed by atoms with E-state index in [1.807, 2.05) is 19.1 Å². The summed E-state index contributed by atoms with van der Waals surface area (Å²) in [6.45, 7) is 11.8. The van der Waals surface area contributed by atoms with Crippen LogP contribution in [0.2, 0.25) is 0 Å². The van der Waals surface area contributed by atoms with Gasteiger partial charge in [-0.3, -0.25) is 0 Å². The van der Waals surface area contributed by atoms with Gasteiger partial charge in [0.25, 0.3) is 0 Å². The van der Waals surface area contributed by atoms with Gasteiger partial charge < -0.3 is 0 Å². The number of allylic oxidation sites excluding steroid dienone is 6. The first kappa shape index (κ1) is 18.4. The Labute approximate surface area is 125 Å². The fourth-order valence-electron chi connectivity index (χ4n) is 2.15. The number of hydrogen-bond acceptors (Lipinski definition) is 1. The Hall–Kier alpha value is -1.55. The first-order valence-electron chi connectivity index (χ1n) is 7.66. The third-order valence-corrected chi connectivity index (χ3v) is 3.55. The van der Waals surface area contributed by atoms with Gasteiger partial charge in [0.2, 0.25) is 0 Å². The summed E-state index contributed by atoms with van der Waals surface area (Å²) >= 11 is 0. The molecular formula is C19H29N. The fraction of sp³-hybridized carbons (Fsp3) is 0.526. The Kier molecular flexibility index (Phi) is 11.5. The average Bonchev–Trinajstić information content (AvgIpc) is 2.46. The average molecular weight is 271 g/mol. The fourth-order valence-corrected chi connectivity index (χ4v) is 2.15. The predicted octanol–water partition coefficient (Wildman–Crippen LogP) is 6.12. The van der Waals surface area contributed by atoms with Gasteiger partial charge in [-0.25, -0.2) is 0 Å². The molecule has 110 valence electrons. The van der Waals surface area contributed by atoms with Crippen LogP contribution in [0.1, 0.15) is 58.8 Å². The normalized spacial score (nSPS) is 13.2. The molecule has 0 saturated carbocycles. The molecule has 0 fully saturated rings. The van der Waals surface area contributed by atoms with Crippen LogP contribution < -0.4 is 0 Å². The van der Waals surface area contributed by atoms with Gasteiger partial charge >= 0.3 is 0 Å². The van der Waals surface area contributed by atoms with Crippen molar-refractivity contribution < 1.29 is 0 Å². The Morgan fingerprint density at radius 1 is 1.20 bits per heavy atom. The molecule has 0 aliphatic carbocycles. The second kappa shape index (κ2) is 12.5. The van der Waals surface area contributed by atoms with E-state index in [1.54, 1.807) is 0 Å². The van der Waals surface area contributed by atoms with E-state index in [4.69, 9.17) is 5.26 Å². The van der Waals surface area contributed by atoms with E-state index in [1.165, 1.54) is 25.7 Å². The van der Waals surface area contributed by atoms with Crippen LogP contribution in [-0.4, -0.2) is 0 Å². The molecule has 0 aliphatic rings. The maximum Gasteiger partial charge on any atom is 0.0988 e. The van der Waals surface area contributed by atoms with Crippen LogP contribution in [0.4, 0.5) is 0 Å². The molecule has 1 heteroatoms. The van der Waals surface area contributed by atoms with E-state index in [0.717, 1.165) is 30.8 Å². The molecule has 0 bridgehead atoms. The molecule has 0 rings (SSSR count). The molecule has 0 aliphatic heterocycles. The van der Waals surface area contributed by atoms with Crippen LogP contribution in [-0.2, 0) is 0 Å². The molecule has 1 nitrogen and oxygen atoms in total. The van der Waals surface area contributed by atoms with Crippen LogP contribution in [0.15, 0.2) is 48.6 Å². The predicted molar refractivity (Wildman–Crippen MR) is 89.3 cm³/mol. The number of nitrogens with zero attached hydrogens (tertiary/aromatic N) is 1. The molecule has 0 N–H and O–H groups in total. The minimum absolute atomic E-state index is 0.577. The van der Waals surface area contributed by atoms with Crippen LogP contribution >= 0.6 is 0 Å². The van der Waals surface area contributed by atoms with Crippen molar-refractivity contribution in [2.45, 2.75) is 58.8 Å². The van der Waals surface area contributed by atoms with Gasteiger partial charge in [-0.05, 0) is 50.5 Å². The van der Waals surface area contributed by atoms with Crippen molar-refractivity contribution in [1.29, 1.82) is 5.26 Å². The SMILES string of the molecule is C=CCCCC(C)CCC/C=C\C/C(=C\C)C(=C)C#N. The van der Waals surface area contributed by atoms with Crippen LogP contribution in [0, 0.1) is 17.2 Å². The maximum absolute atomic E-state index is 8.81. The minimum atomic E-state index is 0.577. The Morgan fingerprint density at radius 2 is 1.85 bits per heavy atom. The van der Waals surface area contributed by atoms with Gasteiger partial charge in [0.1, 0.15) is 0 Å². The molecular weight excluding hydrogens is 242 g/mol. The van der Waals surface area contributed by atoms with Crippen molar-refractivity contribution in [3.05, 3.63) is 48.6 Å². The third-order valence-electron chi connectivity index (χ3n) is 3.55. The summed E-state index contributed by atoms with van der Waals surface area (Å²) in [5, 5.41) is 8.81. The molecule has 20 heavy (non-hydrogen) atoms. The highest BCUT2D eigenvalue weighted by molar-refractivity contribution is 5.40. The minimum Gasteiger partial charge on any atom is -0.192 e. The van der Waals surface area contributed by atoms with Crippen LogP contribution in [0.5, 0.6) is 0 Å². The summed E-state index contributed by atoms with van der Waals surface area (Å²) in [6, 6.07) is 2.10. The molecule has 0 aromatic carbocycles. The number of rotatable bonds is 11. The van der Waals surface area contributed by atoms with Crippen molar-refractivity contribution in [3.63, 3.8) is 0 Å². The lowest BCUT2D eigenvalue weighted by molar-refractivity contribution is 0.463. The van der Waals surface area contributed by atoms with Crippen molar-refractivity contribution >= 4 is 0 Å². The first-order valence-corrected chi connectivity index (χ1v) is 7.66. The van der Waals surface area contributed by atoms with E-state index >= 15 is 0 Å². The summed E-state index contributed by atoms with van der Waals surface area (Å²) < 4.78 is 0. The lowest BCUT2D eigenvalue weighted by atomic mass is 9.97. The van der Waals surface area contributed by atoms with Crippen molar-refractivity contribution in [2.75, 3.05) is 0 Å². The van der Waals surface area contributed by atoms with E-state index in [-0.39, 0.29) is 0 Å². The van der Waals surface area contributed by atoms with Gasteiger partial charge in [-0.1, -0.05) is 50.6 Å². The summed E-state index contributed by atoms with van der Waals surface area (Å²) in [7, 11) is 0. The van der Waals surface area contributed by atoms with Crippen molar-refractivity contribution in [1.82, 2.24) is 0 Å². The van der Waals surface area contributed by atoms with Crippen LogP contribution in [0.3, 0.4) is 0 Å². The Balaban J connectivity index is 3.74. The van der Waals surface area contributed by atoms with Crippen LogP contribution in [0.25, 0.3) is 0 Å². The molecule has 0 spiro atoms. The van der Waals surface area contributed by atoms with Gasteiger partial charge in [-0.15, -0.1) is 6.58 Å². The summed E-state index contributed by atoms with van der Waals surface area (Å²) in [5.41, 5.74) is 1.61. The monoisotopic (exact) mass is 271 g/mol. The van der Waals surface area contributed by atoms with E-state index in [0.29, 0.717) is 5.57 Å². The Bertz CT molecular complexity index is 379. The molecule has 0 amide bonds. The number of unbranched alkanes of at least 4 members (excludes halogenated alkanes) is 2. The number of hydrogen-bond donors (Lipinski definition) is 0. The lowest BCUT2D eigenvalue weighted by Gasteiger charge is -2.09. The molecule has 0 radical (unpaired) electrons. The smallest absolute Gasteiger partial charge is 0.0988 e. The zero-order valence-electron chi connectivity index (χ0n) is 13.2. The van der Waals surface area contributed by atoms with E-state index in [9.17, 15) is 0 Å². The molecule has 0 aromatic rings. The van der Waals surface area contributed by atoms with Gasteiger partial charge in [0.15, 0.2) is 0 Å². The Morgan fingerprint density at radius 3 is 2.40 bits per heavy atom. The highest BCUT2D eigenvalue weighted by atomic mass is 14.2. The molecule has 1 atom stereocenters. The second-order valence-corrected chi connectivity index (χ2v) is 5.34. The first-order chi connectivity index (χ1) is 9.65. The standard InChI is InChI=1S/C19H29N/c1-5-7-10-13-17(3)14-11-8-9-12-15-19(6-2)18(4)16-20/h5-6,9,12,17H,1,4,7-8,10-11,13-15H2,2-3H3/b12-9-,19-6+. The number of nitriles is 1. The van der Waals surface area contributed by atoms with Crippen molar-refractivity contribution in [2.24, 2.45) is 5.92 Å². The summed E-state index contributed by atoms with van der Waals surface area (Å²) in [6.07, 6.45) is 16.5. The summed E-state index contributed by atoms with van der Waals surface area (Å²) in [4.78, 5) is 0. The van der Waals surface area contributed by atoms with Gasteiger partial charge in [0, 0.05) is 5.57 Å². The van der Waals surface area contributed by atoms with E-state index < -0.39 is 0 Å². The molecule has 0 heterocycles. The largest absolute Gasteiger partial charge is 0.192 e. The highest BCUT2D eigenvalue weighted by Gasteiger charge is 2.00. The molecule has 0 saturated heterocycles. The zero-order valence-corrected chi connectivity index (χ0v) is 13.2. The third kappa shape index (κ3) is 9.39. The second-order valence-electron chi connectivity index (χ2n) is 5.34. The molecule has 0 aromatic heterocycles.